The van der Waals surface area contributed by atoms with Gasteiger partial charge in [0.05, 0.1) is 37.9 Å². The number of nitrogens with one attached hydrogen (secondary N) is 1. The van der Waals surface area contributed by atoms with Gasteiger partial charge in [0.15, 0.2) is 11.5 Å². The molecule has 0 saturated carbocycles. The van der Waals surface area contributed by atoms with Gasteiger partial charge in [-0.1, -0.05) is 17.7 Å². The average Bonchev–Trinajstić information content (AvgIpc) is 2.87. The molecule has 0 saturated heterocycles. The molecule has 0 unspecified atom stereocenters. The van der Waals surface area contributed by atoms with Crippen molar-refractivity contribution in [1.29, 1.82) is 0 Å². The lowest BCUT2D eigenvalue weighted by Crippen LogP contribution is -2.22. The van der Waals surface area contributed by atoms with E-state index in [2.05, 4.69) is 5.32 Å². The quantitative estimate of drug-likeness (QED) is 0.371. The summed E-state index contributed by atoms with van der Waals surface area (Å²) in [6, 6.07) is 15.5. The summed E-state index contributed by atoms with van der Waals surface area (Å²) in [6.45, 7) is 1.43. The van der Waals surface area contributed by atoms with Crippen LogP contribution >= 0.6 is 11.6 Å². The molecule has 0 aliphatic heterocycles. The van der Waals surface area contributed by atoms with Gasteiger partial charge >= 0.3 is 0 Å². The molecule has 0 bridgehead atoms. The highest BCUT2D eigenvalue weighted by Crippen LogP contribution is 2.38. The zero-order chi connectivity index (χ0) is 25.8. The topological polar surface area (TPSA) is 91.7 Å². The van der Waals surface area contributed by atoms with Crippen LogP contribution in [0.5, 0.6) is 17.2 Å². The number of carbonyl (C=O) groups excluding carboxylic acids is 1. The van der Waals surface area contributed by atoms with Crippen molar-refractivity contribution < 1.29 is 19.0 Å². The maximum atomic E-state index is 13.5. The summed E-state index contributed by atoms with van der Waals surface area (Å²) in [5.41, 5.74) is 2.17. The SMILES string of the molecule is COc1cc(/C=C/c2nc3cc(Cl)ccc3c(=O)n2-c2ccc(NC(C)=O)cc2)cc(OC)c1OC. The number of halogens is 1. The van der Waals surface area contributed by atoms with E-state index in [1.54, 1.807) is 81.0 Å². The normalized spacial score (nSPS) is 11.0. The molecule has 184 valence electrons. The van der Waals surface area contributed by atoms with E-state index in [1.807, 2.05) is 0 Å². The highest BCUT2D eigenvalue weighted by Gasteiger charge is 2.14. The third-order valence-corrected chi connectivity index (χ3v) is 5.65. The smallest absolute Gasteiger partial charge is 0.266 e. The number of nitrogens with zero attached hydrogens (tertiary/aromatic N) is 2. The molecule has 4 rings (SSSR count). The summed E-state index contributed by atoms with van der Waals surface area (Å²) in [5, 5.41) is 3.63. The van der Waals surface area contributed by atoms with Gasteiger partial charge in [-0.15, -0.1) is 0 Å². The van der Waals surface area contributed by atoms with Crippen molar-refractivity contribution >= 4 is 46.3 Å². The third kappa shape index (κ3) is 5.04. The second kappa shape index (κ2) is 10.5. The summed E-state index contributed by atoms with van der Waals surface area (Å²) in [6.07, 6.45) is 3.52. The minimum Gasteiger partial charge on any atom is -0.493 e. The fourth-order valence-electron chi connectivity index (χ4n) is 3.80. The van der Waals surface area contributed by atoms with E-state index in [0.717, 1.165) is 5.56 Å². The van der Waals surface area contributed by atoms with Crippen LogP contribution in [0.4, 0.5) is 5.69 Å². The molecule has 1 aromatic heterocycles. The maximum absolute atomic E-state index is 13.5. The van der Waals surface area contributed by atoms with Crippen LogP contribution in [0.15, 0.2) is 59.4 Å². The van der Waals surface area contributed by atoms with Crippen LogP contribution in [-0.4, -0.2) is 36.8 Å². The van der Waals surface area contributed by atoms with E-state index < -0.39 is 0 Å². The molecule has 0 aliphatic rings. The van der Waals surface area contributed by atoms with E-state index >= 15 is 0 Å². The molecule has 0 aliphatic carbocycles. The van der Waals surface area contributed by atoms with Crippen LogP contribution in [0.1, 0.15) is 18.3 Å². The molecule has 36 heavy (non-hydrogen) atoms. The molecular formula is C27H24ClN3O5. The van der Waals surface area contributed by atoms with E-state index in [9.17, 15) is 9.59 Å². The first-order valence-corrected chi connectivity index (χ1v) is 11.3. The first-order chi connectivity index (χ1) is 17.3. The minimum atomic E-state index is -0.256. The Kier molecular flexibility index (Phi) is 7.26. The maximum Gasteiger partial charge on any atom is 0.266 e. The standard InChI is InChI=1S/C27H24ClN3O5/c1-16(32)29-19-7-9-20(10-8-19)31-25(30-22-15-18(28)6-11-21(22)27(31)33)12-5-17-13-23(34-2)26(36-4)24(14-17)35-3/h5-15H,1-4H3,(H,29,32)/b12-5+. The number of methoxy groups -OCH3 is 3. The van der Waals surface area contributed by atoms with Gasteiger partial charge in [-0.3, -0.25) is 14.2 Å². The summed E-state index contributed by atoms with van der Waals surface area (Å²) < 4.78 is 17.8. The second-order valence-corrected chi connectivity index (χ2v) is 8.23. The largest absolute Gasteiger partial charge is 0.493 e. The number of fused-ring (bicyclic) bond motifs is 1. The summed E-state index contributed by atoms with van der Waals surface area (Å²) in [4.78, 5) is 29.6. The third-order valence-electron chi connectivity index (χ3n) is 5.42. The molecule has 4 aromatic rings. The minimum absolute atomic E-state index is 0.182. The lowest BCUT2D eigenvalue weighted by molar-refractivity contribution is -0.114. The van der Waals surface area contributed by atoms with E-state index in [-0.39, 0.29) is 11.5 Å². The Morgan fingerprint density at radius 2 is 1.61 bits per heavy atom. The molecule has 9 heteroatoms. The molecule has 0 radical (unpaired) electrons. The van der Waals surface area contributed by atoms with E-state index in [4.69, 9.17) is 30.8 Å². The second-order valence-electron chi connectivity index (χ2n) is 7.79. The van der Waals surface area contributed by atoms with Crippen LogP contribution in [0.25, 0.3) is 28.7 Å². The van der Waals surface area contributed by atoms with Gasteiger partial charge < -0.3 is 19.5 Å². The van der Waals surface area contributed by atoms with Crippen molar-refractivity contribution in [1.82, 2.24) is 9.55 Å². The molecule has 0 spiro atoms. The summed E-state index contributed by atoms with van der Waals surface area (Å²) in [7, 11) is 4.62. The van der Waals surface area contributed by atoms with E-state index in [1.165, 1.54) is 18.6 Å². The Bertz CT molecular complexity index is 1500. The predicted octanol–water partition coefficient (Wildman–Crippen LogP) is 5.19. The van der Waals surface area contributed by atoms with Gasteiger partial charge in [0.1, 0.15) is 5.82 Å². The first kappa shape index (κ1) is 24.8. The Morgan fingerprint density at radius 1 is 0.944 bits per heavy atom. The average molecular weight is 506 g/mol. The number of aromatic nitrogens is 2. The molecule has 8 nitrogen and oxygen atoms in total. The zero-order valence-corrected chi connectivity index (χ0v) is 20.9. The summed E-state index contributed by atoms with van der Waals surface area (Å²) >= 11 is 6.17. The van der Waals surface area contributed by atoms with Gasteiger partial charge in [0, 0.05) is 17.6 Å². The van der Waals surface area contributed by atoms with Crippen molar-refractivity contribution in [2.45, 2.75) is 6.92 Å². The van der Waals surface area contributed by atoms with Gasteiger partial charge in [-0.05, 0) is 66.2 Å². The first-order valence-electron chi connectivity index (χ1n) is 10.9. The fraction of sp³-hybridized carbons (Fsp3) is 0.148. The Morgan fingerprint density at radius 3 is 2.19 bits per heavy atom. The number of benzene rings is 3. The summed E-state index contributed by atoms with van der Waals surface area (Å²) in [5.74, 6) is 1.68. The van der Waals surface area contributed by atoms with Crippen molar-refractivity contribution in [3.63, 3.8) is 0 Å². The van der Waals surface area contributed by atoms with Crippen LogP contribution in [0.2, 0.25) is 5.02 Å². The van der Waals surface area contributed by atoms with Crippen LogP contribution in [0.3, 0.4) is 0 Å². The van der Waals surface area contributed by atoms with Gasteiger partial charge in [0.2, 0.25) is 11.7 Å². The predicted molar refractivity (Wildman–Crippen MR) is 142 cm³/mol. The zero-order valence-electron chi connectivity index (χ0n) is 20.2. The lowest BCUT2D eigenvalue weighted by Gasteiger charge is -2.14. The van der Waals surface area contributed by atoms with Crippen molar-refractivity contribution in [2.75, 3.05) is 26.6 Å². The van der Waals surface area contributed by atoms with Gasteiger partial charge in [0.25, 0.3) is 5.56 Å². The van der Waals surface area contributed by atoms with Gasteiger partial charge in [-0.2, -0.15) is 0 Å². The number of carbonyl (C=O) groups is 1. The molecule has 3 aromatic carbocycles. The monoisotopic (exact) mass is 505 g/mol. The Labute approximate surface area is 212 Å². The number of ether oxygens (including phenoxy) is 3. The van der Waals surface area contributed by atoms with Crippen molar-refractivity contribution in [3.8, 4) is 22.9 Å². The Hall–Kier alpha value is -4.30. The lowest BCUT2D eigenvalue weighted by atomic mass is 10.1. The van der Waals surface area contributed by atoms with Crippen molar-refractivity contribution in [2.24, 2.45) is 0 Å². The molecule has 1 heterocycles. The number of hydrogen-bond acceptors (Lipinski definition) is 6. The van der Waals surface area contributed by atoms with Crippen LogP contribution in [-0.2, 0) is 4.79 Å². The van der Waals surface area contributed by atoms with Gasteiger partial charge in [-0.25, -0.2) is 4.98 Å². The molecule has 0 fully saturated rings. The molecular weight excluding hydrogens is 482 g/mol. The number of amides is 1. The molecule has 1 amide bonds. The van der Waals surface area contributed by atoms with Crippen LogP contribution < -0.4 is 25.1 Å². The number of anilines is 1. The molecule has 0 atom stereocenters. The number of hydrogen-bond donors (Lipinski definition) is 1. The molecule has 1 N–H and O–H groups in total. The van der Waals surface area contributed by atoms with E-state index in [0.29, 0.717) is 50.4 Å². The highest BCUT2D eigenvalue weighted by atomic mass is 35.5. The van der Waals surface area contributed by atoms with Crippen molar-refractivity contribution in [3.05, 3.63) is 81.4 Å². The van der Waals surface area contributed by atoms with Crippen LogP contribution in [0, 0.1) is 0 Å². The number of rotatable bonds is 7. The highest BCUT2D eigenvalue weighted by molar-refractivity contribution is 6.31. The fourth-order valence-corrected chi connectivity index (χ4v) is 3.97. The Balaban J connectivity index is 1.88.